The van der Waals surface area contributed by atoms with E-state index in [1.165, 1.54) is 6.42 Å². The Morgan fingerprint density at radius 1 is 1.37 bits per heavy atom. The second kappa shape index (κ2) is 6.26. The molecule has 4 nitrogen and oxygen atoms in total. The van der Waals surface area contributed by atoms with E-state index in [1.54, 1.807) is 12.1 Å². The standard InChI is InChI=1S/C15H25N3O/c1-3-14-11-17(2)7-4-8-18(14)10-12-9-13(16)5-6-15(12)19/h5-6,9,14,19H,3-4,7-8,10-11,16H2,1-2H3. The molecule has 0 bridgehead atoms. The van der Waals surface area contributed by atoms with Crippen molar-refractivity contribution in [2.45, 2.75) is 32.4 Å². The predicted molar refractivity (Wildman–Crippen MR) is 79.1 cm³/mol. The molecule has 106 valence electrons. The van der Waals surface area contributed by atoms with Gasteiger partial charge in [0.2, 0.25) is 0 Å². The molecule has 0 radical (unpaired) electrons. The molecule has 0 saturated carbocycles. The van der Waals surface area contributed by atoms with Gasteiger partial charge >= 0.3 is 0 Å². The van der Waals surface area contributed by atoms with E-state index in [1.807, 2.05) is 6.07 Å². The molecule has 0 aromatic heterocycles. The first kappa shape index (κ1) is 14.2. The minimum Gasteiger partial charge on any atom is -0.508 e. The van der Waals surface area contributed by atoms with Gasteiger partial charge in [0.25, 0.3) is 0 Å². The van der Waals surface area contributed by atoms with E-state index in [4.69, 9.17) is 5.73 Å². The van der Waals surface area contributed by atoms with E-state index < -0.39 is 0 Å². The summed E-state index contributed by atoms with van der Waals surface area (Å²) in [7, 11) is 2.18. The van der Waals surface area contributed by atoms with Crippen LogP contribution in [0.1, 0.15) is 25.3 Å². The van der Waals surface area contributed by atoms with Gasteiger partial charge in [0.15, 0.2) is 0 Å². The Balaban J connectivity index is 2.13. The average molecular weight is 263 g/mol. The van der Waals surface area contributed by atoms with Crippen LogP contribution in [0, 0.1) is 0 Å². The molecular formula is C15H25N3O. The lowest BCUT2D eigenvalue weighted by molar-refractivity contribution is 0.174. The largest absolute Gasteiger partial charge is 0.508 e. The molecule has 0 amide bonds. The number of phenols is 1. The summed E-state index contributed by atoms with van der Waals surface area (Å²) in [6.45, 7) is 6.34. The van der Waals surface area contributed by atoms with Crippen LogP contribution >= 0.6 is 0 Å². The third-order valence-electron chi connectivity index (χ3n) is 3.97. The van der Waals surface area contributed by atoms with Crippen molar-refractivity contribution in [1.29, 1.82) is 0 Å². The first-order valence-electron chi connectivity index (χ1n) is 7.10. The lowest BCUT2D eigenvalue weighted by Crippen LogP contribution is -2.39. The number of benzene rings is 1. The lowest BCUT2D eigenvalue weighted by Gasteiger charge is -2.30. The van der Waals surface area contributed by atoms with E-state index >= 15 is 0 Å². The molecule has 1 aliphatic heterocycles. The van der Waals surface area contributed by atoms with Crippen molar-refractivity contribution >= 4 is 5.69 Å². The van der Waals surface area contributed by atoms with Crippen LogP contribution in [-0.4, -0.2) is 47.6 Å². The number of nitrogen functional groups attached to an aromatic ring is 1. The number of phenolic OH excluding ortho intramolecular Hbond substituents is 1. The van der Waals surface area contributed by atoms with Crippen molar-refractivity contribution in [3.05, 3.63) is 23.8 Å². The fraction of sp³-hybridized carbons (Fsp3) is 0.600. The molecule has 0 aliphatic carbocycles. The van der Waals surface area contributed by atoms with Crippen molar-refractivity contribution in [3.8, 4) is 5.75 Å². The van der Waals surface area contributed by atoms with Gasteiger partial charge in [0.05, 0.1) is 0 Å². The van der Waals surface area contributed by atoms with Crippen LogP contribution in [0.5, 0.6) is 5.75 Å². The molecule has 3 N–H and O–H groups in total. The predicted octanol–water partition coefficient (Wildman–Crippen LogP) is 1.89. The number of hydrogen-bond donors (Lipinski definition) is 2. The lowest BCUT2D eigenvalue weighted by atomic mass is 10.1. The highest BCUT2D eigenvalue weighted by Gasteiger charge is 2.22. The number of anilines is 1. The van der Waals surface area contributed by atoms with Crippen LogP contribution in [0.25, 0.3) is 0 Å². The van der Waals surface area contributed by atoms with Crippen molar-refractivity contribution < 1.29 is 5.11 Å². The van der Waals surface area contributed by atoms with E-state index in [9.17, 15) is 5.11 Å². The van der Waals surface area contributed by atoms with Crippen molar-refractivity contribution in [2.75, 3.05) is 32.4 Å². The molecule has 1 saturated heterocycles. The zero-order valence-electron chi connectivity index (χ0n) is 12.0. The second-order valence-corrected chi connectivity index (χ2v) is 5.54. The minimum atomic E-state index is 0.349. The first-order valence-corrected chi connectivity index (χ1v) is 7.10. The number of rotatable bonds is 3. The van der Waals surface area contributed by atoms with E-state index in [0.29, 0.717) is 17.5 Å². The van der Waals surface area contributed by atoms with E-state index in [-0.39, 0.29) is 0 Å². The minimum absolute atomic E-state index is 0.349. The zero-order chi connectivity index (χ0) is 13.8. The van der Waals surface area contributed by atoms with Gasteiger partial charge < -0.3 is 15.7 Å². The smallest absolute Gasteiger partial charge is 0.120 e. The van der Waals surface area contributed by atoms with Crippen LogP contribution < -0.4 is 5.73 Å². The van der Waals surface area contributed by atoms with Crippen molar-refractivity contribution in [2.24, 2.45) is 0 Å². The third-order valence-corrected chi connectivity index (χ3v) is 3.97. The molecule has 1 aromatic rings. The van der Waals surface area contributed by atoms with Gasteiger partial charge in [-0.15, -0.1) is 0 Å². The molecule has 0 spiro atoms. The molecule has 4 heteroatoms. The van der Waals surface area contributed by atoms with Gasteiger partial charge in [-0.3, -0.25) is 4.90 Å². The molecule has 1 unspecified atom stereocenters. The number of hydrogen-bond acceptors (Lipinski definition) is 4. The van der Waals surface area contributed by atoms with Crippen LogP contribution in [-0.2, 0) is 6.54 Å². The maximum atomic E-state index is 9.95. The van der Waals surface area contributed by atoms with Crippen molar-refractivity contribution in [3.63, 3.8) is 0 Å². The highest BCUT2D eigenvalue weighted by Crippen LogP contribution is 2.24. The monoisotopic (exact) mass is 263 g/mol. The highest BCUT2D eigenvalue weighted by molar-refractivity contribution is 5.47. The Hall–Kier alpha value is -1.26. The van der Waals surface area contributed by atoms with Gasteiger partial charge in [0, 0.05) is 36.9 Å². The van der Waals surface area contributed by atoms with Gasteiger partial charge in [-0.05, 0) is 44.6 Å². The summed E-state index contributed by atoms with van der Waals surface area (Å²) in [5, 5.41) is 9.95. The Bertz CT molecular complexity index is 422. The number of likely N-dealkylation sites (N-methyl/N-ethyl adjacent to an activating group) is 1. The summed E-state index contributed by atoms with van der Waals surface area (Å²) < 4.78 is 0. The van der Waals surface area contributed by atoms with E-state index in [2.05, 4.69) is 23.8 Å². The zero-order valence-corrected chi connectivity index (χ0v) is 12.0. The summed E-state index contributed by atoms with van der Waals surface area (Å²) in [5.74, 6) is 0.349. The average Bonchev–Trinajstić information content (AvgIpc) is 2.55. The summed E-state index contributed by atoms with van der Waals surface area (Å²) >= 11 is 0. The maximum absolute atomic E-state index is 9.95. The van der Waals surface area contributed by atoms with Gasteiger partial charge in [0.1, 0.15) is 5.75 Å². The molecule has 1 heterocycles. The molecule has 1 fully saturated rings. The molecule has 1 atom stereocenters. The number of nitrogens with zero attached hydrogens (tertiary/aromatic N) is 2. The Morgan fingerprint density at radius 3 is 2.89 bits per heavy atom. The van der Waals surface area contributed by atoms with E-state index in [0.717, 1.165) is 38.2 Å². The molecular weight excluding hydrogens is 238 g/mol. The van der Waals surface area contributed by atoms with Gasteiger partial charge in [-0.25, -0.2) is 0 Å². The highest BCUT2D eigenvalue weighted by atomic mass is 16.3. The second-order valence-electron chi connectivity index (χ2n) is 5.54. The summed E-state index contributed by atoms with van der Waals surface area (Å²) in [6, 6.07) is 5.87. The van der Waals surface area contributed by atoms with Gasteiger partial charge in [-0.1, -0.05) is 6.92 Å². The molecule has 1 aromatic carbocycles. The quantitative estimate of drug-likeness (QED) is 0.646. The van der Waals surface area contributed by atoms with Crippen LogP contribution in [0.4, 0.5) is 5.69 Å². The third kappa shape index (κ3) is 3.61. The molecule has 1 aliphatic rings. The number of aromatic hydroxyl groups is 1. The fourth-order valence-electron chi connectivity index (χ4n) is 2.84. The fourth-order valence-corrected chi connectivity index (χ4v) is 2.84. The molecule has 19 heavy (non-hydrogen) atoms. The summed E-state index contributed by atoms with van der Waals surface area (Å²) in [6.07, 6.45) is 2.31. The van der Waals surface area contributed by atoms with Crippen LogP contribution in [0.15, 0.2) is 18.2 Å². The topological polar surface area (TPSA) is 52.7 Å². The molecule has 2 rings (SSSR count). The number of nitrogens with two attached hydrogens (primary N) is 1. The van der Waals surface area contributed by atoms with Crippen molar-refractivity contribution in [1.82, 2.24) is 9.80 Å². The SMILES string of the molecule is CCC1CN(C)CCCN1Cc1cc(N)ccc1O. The summed E-state index contributed by atoms with van der Waals surface area (Å²) in [5.41, 5.74) is 7.46. The summed E-state index contributed by atoms with van der Waals surface area (Å²) in [4.78, 5) is 4.87. The Kier molecular flexibility index (Phi) is 4.66. The van der Waals surface area contributed by atoms with Crippen LogP contribution in [0.3, 0.4) is 0 Å². The Labute approximate surface area is 115 Å². The maximum Gasteiger partial charge on any atom is 0.120 e. The van der Waals surface area contributed by atoms with Crippen LogP contribution in [0.2, 0.25) is 0 Å². The first-order chi connectivity index (χ1) is 9.10. The van der Waals surface area contributed by atoms with Gasteiger partial charge in [-0.2, -0.15) is 0 Å². The normalized spacial score (nSPS) is 22.3. The Morgan fingerprint density at radius 2 is 2.16 bits per heavy atom.